The molecule has 28 heavy (non-hydrogen) atoms. The molecule has 0 aliphatic heterocycles. The fraction of sp³-hybridized carbons (Fsp3) is 0.600. The van der Waals surface area contributed by atoms with Crippen molar-refractivity contribution in [3.05, 3.63) is 28.7 Å². The average Bonchev–Trinajstić information content (AvgIpc) is 2.93. The summed E-state index contributed by atoms with van der Waals surface area (Å²) in [6.45, 7) is 12.3. The van der Waals surface area contributed by atoms with Crippen molar-refractivity contribution >= 4 is 17.6 Å². The standard InChI is InChI=1S/C20H31N5O3/c1-13-12-17-23-14(2)16(15(3)25(17)24-13)8-9-18(26)21-10-7-11-22-19(27)28-20(4,5)6/h12H,7-11H2,1-6H3,(H,21,26)(H,22,27). The van der Waals surface area contributed by atoms with Gasteiger partial charge in [0.2, 0.25) is 5.91 Å². The Balaban J connectivity index is 1.74. The monoisotopic (exact) mass is 389 g/mol. The number of nitrogens with zero attached hydrogens (tertiary/aromatic N) is 3. The van der Waals surface area contributed by atoms with Gasteiger partial charge in [0, 0.05) is 37.0 Å². The normalized spacial score (nSPS) is 11.5. The Kier molecular flexibility index (Phi) is 6.99. The largest absolute Gasteiger partial charge is 0.444 e. The summed E-state index contributed by atoms with van der Waals surface area (Å²) in [6, 6.07) is 1.95. The molecule has 2 N–H and O–H groups in total. The third-order valence-corrected chi connectivity index (χ3v) is 4.23. The SMILES string of the molecule is Cc1cc2nc(C)c(CCC(=O)NCCCNC(=O)OC(C)(C)C)c(C)n2n1. The van der Waals surface area contributed by atoms with Gasteiger partial charge in [0.15, 0.2) is 5.65 Å². The van der Waals surface area contributed by atoms with Gasteiger partial charge in [0.1, 0.15) is 5.60 Å². The van der Waals surface area contributed by atoms with Gasteiger partial charge in [-0.05, 0) is 59.9 Å². The number of carbonyl (C=O) groups excluding carboxylic acids is 2. The van der Waals surface area contributed by atoms with Crippen molar-refractivity contribution in [3.8, 4) is 0 Å². The number of nitrogens with one attached hydrogen (secondary N) is 2. The van der Waals surface area contributed by atoms with Crippen molar-refractivity contribution in [2.75, 3.05) is 13.1 Å². The van der Waals surface area contributed by atoms with E-state index in [1.54, 1.807) is 0 Å². The molecule has 0 spiro atoms. The molecule has 2 rings (SSSR count). The number of aryl methyl sites for hydroxylation is 3. The van der Waals surface area contributed by atoms with Crippen molar-refractivity contribution in [2.24, 2.45) is 0 Å². The first kappa shape index (κ1) is 21.7. The molecule has 0 saturated heterocycles. The minimum atomic E-state index is -0.513. The highest BCUT2D eigenvalue weighted by atomic mass is 16.6. The molecule has 2 aromatic heterocycles. The number of alkyl carbamates (subject to hydrolysis) is 1. The van der Waals surface area contributed by atoms with Crippen LogP contribution in [0.4, 0.5) is 4.79 Å². The number of hydrogen-bond donors (Lipinski definition) is 2. The minimum Gasteiger partial charge on any atom is -0.444 e. The average molecular weight is 390 g/mol. The number of fused-ring (bicyclic) bond motifs is 1. The Morgan fingerprint density at radius 1 is 1.14 bits per heavy atom. The minimum absolute atomic E-state index is 0.0205. The third kappa shape index (κ3) is 6.21. The summed E-state index contributed by atoms with van der Waals surface area (Å²) < 4.78 is 6.99. The molecule has 2 aromatic rings. The fourth-order valence-electron chi connectivity index (χ4n) is 2.95. The van der Waals surface area contributed by atoms with E-state index in [1.165, 1.54) is 0 Å². The Labute approximate surface area is 166 Å². The highest BCUT2D eigenvalue weighted by Crippen LogP contribution is 2.17. The van der Waals surface area contributed by atoms with Gasteiger partial charge in [-0.3, -0.25) is 4.79 Å². The molecular weight excluding hydrogens is 358 g/mol. The molecule has 0 bridgehead atoms. The number of amides is 2. The maximum Gasteiger partial charge on any atom is 0.407 e. The topological polar surface area (TPSA) is 97.6 Å². The molecule has 8 heteroatoms. The second-order valence-electron chi connectivity index (χ2n) is 7.95. The second kappa shape index (κ2) is 9.03. The van der Waals surface area contributed by atoms with E-state index in [4.69, 9.17) is 4.74 Å². The highest BCUT2D eigenvalue weighted by molar-refractivity contribution is 5.76. The summed E-state index contributed by atoms with van der Waals surface area (Å²) in [5.41, 5.74) is 4.24. The van der Waals surface area contributed by atoms with Crippen LogP contribution in [0.15, 0.2) is 6.07 Å². The van der Waals surface area contributed by atoms with E-state index in [0.717, 1.165) is 28.3 Å². The molecule has 0 radical (unpaired) electrons. The van der Waals surface area contributed by atoms with Crippen LogP contribution in [0.3, 0.4) is 0 Å². The van der Waals surface area contributed by atoms with Crippen molar-refractivity contribution in [3.63, 3.8) is 0 Å². The number of aromatic nitrogens is 3. The molecule has 0 fully saturated rings. The summed E-state index contributed by atoms with van der Waals surface area (Å²) in [7, 11) is 0. The van der Waals surface area contributed by atoms with Crippen LogP contribution in [0, 0.1) is 20.8 Å². The van der Waals surface area contributed by atoms with E-state index in [2.05, 4.69) is 20.7 Å². The first-order chi connectivity index (χ1) is 13.1. The number of hydrogen-bond acceptors (Lipinski definition) is 5. The lowest BCUT2D eigenvalue weighted by Crippen LogP contribution is -2.34. The summed E-state index contributed by atoms with van der Waals surface area (Å²) in [4.78, 5) is 28.2. The summed E-state index contributed by atoms with van der Waals surface area (Å²) in [5.74, 6) is -0.0205. The van der Waals surface area contributed by atoms with E-state index < -0.39 is 11.7 Å². The zero-order valence-electron chi connectivity index (χ0n) is 17.7. The molecule has 0 aliphatic carbocycles. The predicted molar refractivity (Wildman–Crippen MR) is 107 cm³/mol. The number of carbonyl (C=O) groups is 2. The van der Waals surface area contributed by atoms with Crippen LogP contribution in [-0.2, 0) is 16.0 Å². The maximum atomic E-state index is 12.1. The van der Waals surface area contributed by atoms with Gasteiger partial charge in [-0.15, -0.1) is 0 Å². The van der Waals surface area contributed by atoms with Gasteiger partial charge in [0.05, 0.1) is 5.69 Å². The second-order valence-corrected chi connectivity index (χ2v) is 7.95. The zero-order chi connectivity index (χ0) is 20.9. The lowest BCUT2D eigenvalue weighted by atomic mass is 10.1. The van der Waals surface area contributed by atoms with Crippen molar-refractivity contribution in [2.45, 2.75) is 66.4 Å². The Morgan fingerprint density at radius 2 is 1.82 bits per heavy atom. The lowest BCUT2D eigenvalue weighted by Gasteiger charge is -2.19. The van der Waals surface area contributed by atoms with Gasteiger partial charge in [-0.2, -0.15) is 5.10 Å². The van der Waals surface area contributed by atoms with Crippen LogP contribution >= 0.6 is 0 Å². The van der Waals surface area contributed by atoms with Crippen LogP contribution in [0.1, 0.15) is 56.3 Å². The van der Waals surface area contributed by atoms with Crippen LogP contribution in [-0.4, -0.2) is 45.3 Å². The Morgan fingerprint density at radius 3 is 2.50 bits per heavy atom. The van der Waals surface area contributed by atoms with Crippen LogP contribution in [0.5, 0.6) is 0 Å². The first-order valence-electron chi connectivity index (χ1n) is 9.63. The van der Waals surface area contributed by atoms with Gasteiger partial charge < -0.3 is 15.4 Å². The van der Waals surface area contributed by atoms with Crippen LogP contribution in [0.2, 0.25) is 0 Å². The van der Waals surface area contributed by atoms with Gasteiger partial charge in [-0.25, -0.2) is 14.3 Å². The van der Waals surface area contributed by atoms with E-state index in [9.17, 15) is 9.59 Å². The smallest absolute Gasteiger partial charge is 0.407 e. The van der Waals surface area contributed by atoms with Gasteiger partial charge >= 0.3 is 6.09 Å². The van der Waals surface area contributed by atoms with E-state index >= 15 is 0 Å². The molecule has 0 atom stereocenters. The molecule has 0 aromatic carbocycles. The van der Waals surface area contributed by atoms with Crippen molar-refractivity contribution < 1.29 is 14.3 Å². The molecule has 8 nitrogen and oxygen atoms in total. The van der Waals surface area contributed by atoms with E-state index in [0.29, 0.717) is 32.4 Å². The highest BCUT2D eigenvalue weighted by Gasteiger charge is 2.15. The number of ether oxygens (including phenoxy) is 1. The summed E-state index contributed by atoms with van der Waals surface area (Å²) in [6.07, 6.45) is 1.20. The molecular formula is C20H31N5O3. The van der Waals surface area contributed by atoms with Gasteiger partial charge in [-0.1, -0.05) is 0 Å². The molecule has 154 valence electrons. The predicted octanol–water partition coefficient (Wildman–Crippen LogP) is 2.62. The Hall–Kier alpha value is -2.64. The van der Waals surface area contributed by atoms with E-state index in [-0.39, 0.29) is 5.91 Å². The zero-order valence-corrected chi connectivity index (χ0v) is 17.7. The molecule has 2 heterocycles. The van der Waals surface area contributed by atoms with Crippen molar-refractivity contribution in [1.82, 2.24) is 25.2 Å². The first-order valence-corrected chi connectivity index (χ1v) is 9.63. The molecule has 0 unspecified atom stereocenters. The number of rotatable bonds is 7. The van der Waals surface area contributed by atoms with Crippen molar-refractivity contribution in [1.29, 1.82) is 0 Å². The van der Waals surface area contributed by atoms with Gasteiger partial charge in [0.25, 0.3) is 0 Å². The molecule has 0 saturated carbocycles. The quantitative estimate of drug-likeness (QED) is 0.710. The van der Waals surface area contributed by atoms with Crippen LogP contribution < -0.4 is 10.6 Å². The molecule has 0 aliphatic rings. The fourth-order valence-corrected chi connectivity index (χ4v) is 2.95. The van der Waals surface area contributed by atoms with Crippen LogP contribution in [0.25, 0.3) is 5.65 Å². The van der Waals surface area contributed by atoms with E-state index in [1.807, 2.05) is 52.1 Å². The molecule has 2 amide bonds. The lowest BCUT2D eigenvalue weighted by molar-refractivity contribution is -0.121. The summed E-state index contributed by atoms with van der Waals surface area (Å²) in [5, 5.41) is 10.0. The third-order valence-electron chi connectivity index (χ3n) is 4.23. The Bertz CT molecular complexity index is 852. The summed E-state index contributed by atoms with van der Waals surface area (Å²) >= 11 is 0. The maximum absolute atomic E-state index is 12.1.